The van der Waals surface area contributed by atoms with Crippen LogP contribution in [0.15, 0.2) is 16.6 Å². The highest BCUT2D eigenvalue weighted by atomic mass is 32.2. The van der Waals surface area contributed by atoms with Gasteiger partial charge in [0, 0.05) is 5.71 Å². The molecule has 23 heavy (non-hydrogen) atoms. The third-order valence-corrected chi connectivity index (χ3v) is 4.07. The molecular formula is C12H17N9OS. The van der Waals surface area contributed by atoms with Crippen molar-refractivity contribution in [1.29, 1.82) is 0 Å². The molecule has 0 saturated heterocycles. The van der Waals surface area contributed by atoms with Gasteiger partial charge >= 0.3 is 0 Å². The normalized spacial score (nSPS) is 14.5. The van der Waals surface area contributed by atoms with Crippen molar-refractivity contribution >= 4 is 35.3 Å². The van der Waals surface area contributed by atoms with Gasteiger partial charge in [0.1, 0.15) is 6.33 Å². The highest BCUT2D eigenvalue weighted by Gasteiger charge is 2.10. The number of aromatic amines is 2. The molecule has 1 amide bonds. The first-order chi connectivity index (χ1) is 11.3. The van der Waals surface area contributed by atoms with Crippen LogP contribution in [0.2, 0.25) is 0 Å². The Kier molecular flexibility index (Phi) is 5.19. The molecule has 0 atom stereocenters. The summed E-state index contributed by atoms with van der Waals surface area (Å²) in [6.07, 6.45) is 7.05. The number of rotatable bonds is 6. The topological polar surface area (TPSA) is 137 Å². The number of hydrazone groups is 1. The molecule has 2 aromatic rings. The van der Waals surface area contributed by atoms with Gasteiger partial charge in [0.15, 0.2) is 0 Å². The number of nitrogens with zero attached hydrogens (tertiary/aromatic N) is 5. The van der Waals surface area contributed by atoms with E-state index in [4.69, 9.17) is 0 Å². The number of carbonyl (C=O) groups is 1. The molecule has 0 unspecified atom stereocenters. The zero-order valence-corrected chi connectivity index (χ0v) is 13.2. The van der Waals surface area contributed by atoms with E-state index >= 15 is 0 Å². The van der Waals surface area contributed by atoms with Crippen molar-refractivity contribution in [2.45, 2.75) is 37.3 Å². The minimum Gasteiger partial charge on any atom is -0.294 e. The summed E-state index contributed by atoms with van der Waals surface area (Å²) in [6.45, 7) is 0. The molecule has 0 radical (unpaired) electrons. The largest absolute Gasteiger partial charge is 0.294 e. The average molecular weight is 335 g/mol. The van der Waals surface area contributed by atoms with Crippen LogP contribution in [0.5, 0.6) is 0 Å². The molecule has 2 heterocycles. The van der Waals surface area contributed by atoms with Crippen molar-refractivity contribution < 1.29 is 4.79 Å². The molecule has 1 aliphatic rings. The second kappa shape index (κ2) is 7.72. The van der Waals surface area contributed by atoms with Crippen molar-refractivity contribution in [2.75, 3.05) is 16.5 Å². The highest BCUT2D eigenvalue weighted by molar-refractivity contribution is 7.99. The predicted octanol–water partition coefficient (Wildman–Crippen LogP) is 1.39. The summed E-state index contributed by atoms with van der Waals surface area (Å²) in [7, 11) is 0. The maximum Gasteiger partial charge on any atom is 0.240 e. The maximum absolute atomic E-state index is 11.7. The summed E-state index contributed by atoms with van der Waals surface area (Å²) in [5.74, 6) is 0.748. The van der Waals surface area contributed by atoms with Gasteiger partial charge in [-0.25, -0.2) is 15.6 Å². The van der Waals surface area contributed by atoms with Crippen molar-refractivity contribution in [2.24, 2.45) is 5.10 Å². The lowest BCUT2D eigenvalue weighted by atomic mass is 9.99. The molecule has 1 saturated carbocycles. The van der Waals surface area contributed by atoms with Gasteiger partial charge in [0.25, 0.3) is 0 Å². The Morgan fingerprint density at radius 2 is 2.13 bits per heavy atom. The SMILES string of the molecule is O=C(CSc1n[nH]c(NN=C2CCCCC2)n1)Nc1ncn[nH]1. The van der Waals surface area contributed by atoms with Crippen LogP contribution in [-0.2, 0) is 4.79 Å². The number of hydrogen-bond acceptors (Lipinski definition) is 8. The Bertz CT molecular complexity index is 658. The second-order valence-corrected chi connectivity index (χ2v) is 5.93. The number of H-pyrrole nitrogens is 2. The fourth-order valence-corrected chi connectivity index (χ4v) is 2.73. The van der Waals surface area contributed by atoms with Gasteiger partial charge in [-0.3, -0.25) is 10.1 Å². The van der Waals surface area contributed by atoms with Gasteiger partial charge in [-0.1, -0.05) is 18.2 Å². The Morgan fingerprint density at radius 3 is 2.91 bits per heavy atom. The summed E-state index contributed by atoms with van der Waals surface area (Å²) in [5, 5.41) is 20.4. The van der Waals surface area contributed by atoms with Gasteiger partial charge in [-0.15, -0.1) is 5.10 Å². The van der Waals surface area contributed by atoms with Gasteiger partial charge in [-0.05, 0) is 25.7 Å². The number of aromatic nitrogens is 6. The summed E-state index contributed by atoms with van der Waals surface area (Å²) < 4.78 is 0. The molecule has 11 heteroatoms. The third-order valence-electron chi connectivity index (χ3n) is 3.22. The smallest absolute Gasteiger partial charge is 0.240 e. The number of thioether (sulfide) groups is 1. The molecule has 2 aromatic heterocycles. The van der Waals surface area contributed by atoms with E-state index in [1.54, 1.807) is 0 Å². The monoisotopic (exact) mass is 335 g/mol. The van der Waals surface area contributed by atoms with Crippen LogP contribution >= 0.6 is 11.8 Å². The van der Waals surface area contributed by atoms with Gasteiger partial charge in [-0.2, -0.15) is 20.2 Å². The molecule has 0 aromatic carbocycles. The molecular weight excluding hydrogens is 318 g/mol. The van der Waals surface area contributed by atoms with Crippen molar-refractivity contribution in [3.8, 4) is 0 Å². The van der Waals surface area contributed by atoms with E-state index in [0.29, 0.717) is 17.1 Å². The lowest BCUT2D eigenvalue weighted by Crippen LogP contribution is -2.15. The minimum atomic E-state index is -0.214. The third kappa shape index (κ3) is 4.77. The predicted molar refractivity (Wildman–Crippen MR) is 86.3 cm³/mol. The van der Waals surface area contributed by atoms with Crippen LogP contribution in [0, 0.1) is 0 Å². The van der Waals surface area contributed by atoms with Crippen LogP contribution in [0.25, 0.3) is 0 Å². The number of nitrogens with one attached hydrogen (secondary N) is 4. The van der Waals surface area contributed by atoms with E-state index in [9.17, 15) is 4.79 Å². The van der Waals surface area contributed by atoms with E-state index in [1.165, 1.54) is 37.4 Å². The summed E-state index contributed by atoms with van der Waals surface area (Å²) >= 11 is 1.22. The quantitative estimate of drug-likeness (QED) is 0.462. The molecule has 10 nitrogen and oxygen atoms in total. The zero-order chi connectivity index (χ0) is 15.9. The molecule has 0 aliphatic heterocycles. The van der Waals surface area contributed by atoms with Crippen LogP contribution < -0.4 is 10.7 Å². The van der Waals surface area contributed by atoms with Crippen LogP contribution in [0.1, 0.15) is 32.1 Å². The summed E-state index contributed by atoms with van der Waals surface area (Å²) in [6, 6.07) is 0. The number of hydrogen-bond donors (Lipinski definition) is 4. The van der Waals surface area contributed by atoms with E-state index in [0.717, 1.165) is 18.6 Å². The fraction of sp³-hybridized carbons (Fsp3) is 0.500. The van der Waals surface area contributed by atoms with E-state index in [-0.39, 0.29) is 11.7 Å². The van der Waals surface area contributed by atoms with Crippen molar-refractivity contribution in [3.05, 3.63) is 6.33 Å². The zero-order valence-electron chi connectivity index (χ0n) is 12.4. The van der Waals surface area contributed by atoms with Crippen LogP contribution in [0.4, 0.5) is 11.9 Å². The molecule has 3 rings (SSSR count). The average Bonchev–Trinajstić information content (AvgIpc) is 3.24. The number of carbonyl (C=O) groups excluding carboxylic acids is 1. The maximum atomic E-state index is 11.7. The van der Waals surface area contributed by atoms with Gasteiger partial charge in [0.2, 0.25) is 23.0 Å². The Balaban J connectivity index is 1.44. The standard InChI is InChI=1S/C12H17N9OS/c22-9(15-10-13-7-14-18-10)6-23-12-16-11(20-21-12)19-17-8-4-2-1-3-5-8/h7H,1-6H2,(H2,16,19,20,21)(H2,13,14,15,18,22). The molecule has 4 N–H and O–H groups in total. The molecule has 122 valence electrons. The first-order valence-corrected chi connectivity index (χ1v) is 8.30. The second-order valence-electron chi connectivity index (χ2n) is 4.99. The Labute approximate surface area is 136 Å². The fourth-order valence-electron chi connectivity index (χ4n) is 2.13. The highest BCUT2D eigenvalue weighted by Crippen LogP contribution is 2.16. The van der Waals surface area contributed by atoms with Crippen LogP contribution in [-0.4, -0.2) is 47.7 Å². The molecule has 0 bridgehead atoms. The molecule has 1 aliphatic carbocycles. The number of anilines is 2. The minimum absolute atomic E-state index is 0.173. The molecule has 1 fully saturated rings. The van der Waals surface area contributed by atoms with Gasteiger partial charge < -0.3 is 0 Å². The van der Waals surface area contributed by atoms with Gasteiger partial charge in [0.05, 0.1) is 5.75 Å². The van der Waals surface area contributed by atoms with E-state index < -0.39 is 0 Å². The lowest BCUT2D eigenvalue weighted by Gasteiger charge is -2.11. The summed E-state index contributed by atoms with van der Waals surface area (Å²) in [4.78, 5) is 19.7. The first kappa shape index (κ1) is 15.5. The lowest BCUT2D eigenvalue weighted by molar-refractivity contribution is -0.113. The van der Waals surface area contributed by atoms with Crippen molar-refractivity contribution in [1.82, 2.24) is 30.4 Å². The van der Waals surface area contributed by atoms with E-state index in [2.05, 4.69) is 46.2 Å². The van der Waals surface area contributed by atoms with Crippen molar-refractivity contribution in [3.63, 3.8) is 0 Å². The Hall–Kier alpha value is -2.43. The first-order valence-electron chi connectivity index (χ1n) is 7.31. The number of amides is 1. The Morgan fingerprint density at radius 1 is 1.26 bits per heavy atom. The van der Waals surface area contributed by atoms with Crippen LogP contribution in [0.3, 0.4) is 0 Å². The van der Waals surface area contributed by atoms with E-state index in [1.807, 2.05) is 0 Å². The molecule has 0 spiro atoms. The summed E-state index contributed by atoms with van der Waals surface area (Å²) in [5.41, 5.74) is 4.04.